The van der Waals surface area contributed by atoms with E-state index >= 15 is 0 Å². The van der Waals surface area contributed by atoms with Gasteiger partial charge in [0.1, 0.15) is 29.7 Å². The summed E-state index contributed by atoms with van der Waals surface area (Å²) < 4.78 is 25.9. The van der Waals surface area contributed by atoms with Crippen molar-refractivity contribution >= 4 is 11.7 Å². The van der Waals surface area contributed by atoms with Crippen molar-refractivity contribution in [3.63, 3.8) is 0 Å². The van der Waals surface area contributed by atoms with Crippen LogP contribution in [-0.2, 0) is 17.8 Å². The molecule has 3 aliphatic heterocycles. The first-order valence-electron chi connectivity index (χ1n) is 16.5. The van der Waals surface area contributed by atoms with Gasteiger partial charge in [-0.15, -0.1) is 0 Å². The smallest absolute Gasteiger partial charge is 0.225 e. The molecule has 10 nitrogen and oxygen atoms in total. The lowest BCUT2D eigenvalue weighted by Gasteiger charge is -2.59. The number of fused-ring (bicyclic) bond motifs is 1. The number of pyridine rings is 1. The number of ether oxygens (including phenoxy) is 2. The number of hydrogen-bond donors (Lipinski definition) is 1. The van der Waals surface area contributed by atoms with Gasteiger partial charge in [0.2, 0.25) is 5.91 Å². The van der Waals surface area contributed by atoms with Gasteiger partial charge in [0.15, 0.2) is 11.6 Å². The van der Waals surface area contributed by atoms with E-state index in [0.717, 1.165) is 95.3 Å². The van der Waals surface area contributed by atoms with Crippen LogP contribution in [0.3, 0.4) is 0 Å². The highest BCUT2D eigenvalue weighted by molar-refractivity contribution is 5.81. The molecule has 46 heavy (non-hydrogen) atoms. The third-order valence-electron chi connectivity index (χ3n) is 9.74. The van der Waals surface area contributed by atoms with Gasteiger partial charge in [-0.3, -0.25) is 19.6 Å². The van der Waals surface area contributed by atoms with Crippen LogP contribution in [0.1, 0.15) is 51.3 Å². The van der Waals surface area contributed by atoms with Gasteiger partial charge in [-0.1, -0.05) is 20.8 Å². The molecule has 0 bridgehead atoms. The fourth-order valence-electron chi connectivity index (χ4n) is 7.12. The van der Waals surface area contributed by atoms with Crippen molar-refractivity contribution < 1.29 is 18.7 Å². The molecular formula is C35H44FN7O3. The number of carbonyl (C=O) groups is 1. The third-order valence-corrected chi connectivity index (χ3v) is 9.74. The molecule has 0 unspecified atom stereocenters. The molecular weight excluding hydrogens is 585 g/mol. The first kappa shape index (κ1) is 30.8. The maximum absolute atomic E-state index is 13.3. The lowest BCUT2D eigenvalue weighted by Crippen LogP contribution is -2.65. The standard InChI is InChI=1S/C35H44FN7O3/c1-34(2,3)33(44)40-25-18-42(19-25)13-4-12-41-14-10-29-28(20-41)30(9-11-38-29)46-27-15-35(16-27)21-43(22-35)32-31(17-37-23-39-32)45-26-7-5-24(36)6-8-26/h5-9,11,17,23,25,27H,4,10,12-16,18-22H2,1-3H3,(H,40,44). The summed E-state index contributed by atoms with van der Waals surface area (Å²) in [4.78, 5) is 32.7. The summed E-state index contributed by atoms with van der Waals surface area (Å²) in [6.45, 7) is 13.5. The van der Waals surface area contributed by atoms with Crippen molar-refractivity contribution in [2.75, 3.05) is 50.7 Å². The summed E-state index contributed by atoms with van der Waals surface area (Å²) in [5, 5.41) is 3.17. The van der Waals surface area contributed by atoms with Crippen molar-refractivity contribution in [3.05, 3.63) is 66.1 Å². The summed E-state index contributed by atoms with van der Waals surface area (Å²) in [6.07, 6.45) is 9.36. The highest BCUT2D eigenvalue weighted by Gasteiger charge is 2.54. The number of hydrogen-bond acceptors (Lipinski definition) is 9. The monoisotopic (exact) mass is 629 g/mol. The topological polar surface area (TPSA) is 96.0 Å². The summed E-state index contributed by atoms with van der Waals surface area (Å²) >= 11 is 0. The molecule has 0 atom stereocenters. The van der Waals surface area contributed by atoms with Gasteiger partial charge < -0.3 is 19.7 Å². The van der Waals surface area contributed by atoms with E-state index in [4.69, 9.17) is 9.47 Å². The molecule has 1 amide bonds. The summed E-state index contributed by atoms with van der Waals surface area (Å²) in [7, 11) is 0. The second-order valence-electron chi connectivity index (χ2n) is 14.6. The van der Waals surface area contributed by atoms with Gasteiger partial charge >= 0.3 is 0 Å². The van der Waals surface area contributed by atoms with E-state index in [1.54, 1.807) is 18.3 Å². The largest absolute Gasteiger partial charge is 0.490 e. The molecule has 1 N–H and O–H groups in total. The van der Waals surface area contributed by atoms with Crippen molar-refractivity contribution in [1.29, 1.82) is 0 Å². The van der Waals surface area contributed by atoms with Crippen LogP contribution in [0.4, 0.5) is 10.2 Å². The predicted octanol–water partition coefficient (Wildman–Crippen LogP) is 4.45. The Morgan fingerprint density at radius 3 is 2.57 bits per heavy atom. The molecule has 244 valence electrons. The number of rotatable bonds is 10. The van der Waals surface area contributed by atoms with E-state index < -0.39 is 0 Å². The normalized spacial score (nSPS) is 20.0. The molecule has 0 radical (unpaired) electrons. The molecule has 1 aliphatic carbocycles. The van der Waals surface area contributed by atoms with Crippen molar-refractivity contribution in [1.82, 2.24) is 30.1 Å². The molecule has 1 spiro atoms. The highest BCUT2D eigenvalue weighted by Crippen LogP contribution is 2.52. The quantitative estimate of drug-likeness (QED) is 0.349. The Kier molecular flexibility index (Phi) is 8.31. The molecule has 11 heteroatoms. The van der Waals surface area contributed by atoms with Crippen LogP contribution in [0.25, 0.3) is 0 Å². The third kappa shape index (κ3) is 6.66. The fraction of sp³-hybridized carbons (Fsp3) is 0.543. The summed E-state index contributed by atoms with van der Waals surface area (Å²) in [5.41, 5.74) is 2.29. The van der Waals surface area contributed by atoms with E-state index in [9.17, 15) is 9.18 Å². The van der Waals surface area contributed by atoms with E-state index in [2.05, 4.69) is 35.0 Å². The number of likely N-dealkylation sites (tertiary alicyclic amines) is 1. The van der Waals surface area contributed by atoms with Crippen LogP contribution in [0, 0.1) is 16.6 Å². The van der Waals surface area contributed by atoms with Gasteiger partial charge in [-0.2, -0.15) is 0 Å². The molecule has 1 saturated carbocycles. The van der Waals surface area contributed by atoms with Crippen LogP contribution in [0.2, 0.25) is 0 Å². The highest BCUT2D eigenvalue weighted by atomic mass is 19.1. The Bertz CT molecular complexity index is 1540. The lowest BCUT2D eigenvalue weighted by atomic mass is 9.61. The molecule has 3 fully saturated rings. The molecule has 4 aliphatic rings. The SMILES string of the molecule is CC(C)(C)C(=O)NC1CN(CCCN2CCc3nccc(OC4CC5(C4)CN(c4ncncc4Oc4ccc(F)cc4)C5)c3C2)C1. The molecule has 5 heterocycles. The number of benzene rings is 1. The predicted molar refractivity (Wildman–Crippen MR) is 172 cm³/mol. The minimum absolute atomic E-state index is 0.133. The van der Waals surface area contributed by atoms with Gasteiger partial charge in [-0.25, -0.2) is 14.4 Å². The fourth-order valence-corrected chi connectivity index (χ4v) is 7.12. The Hall–Kier alpha value is -3.83. The second-order valence-corrected chi connectivity index (χ2v) is 14.6. The molecule has 2 aromatic heterocycles. The molecule has 7 rings (SSSR count). The van der Waals surface area contributed by atoms with Gasteiger partial charge in [0.05, 0.1) is 12.2 Å². The Morgan fingerprint density at radius 2 is 1.80 bits per heavy atom. The van der Waals surface area contributed by atoms with Crippen LogP contribution in [0.15, 0.2) is 49.1 Å². The number of halogens is 1. The van der Waals surface area contributed by atoms with Gasteiger partial charge in [0.25, 0.3) is 0 Å². The average molecular weight is 630 g/mol. The van der Waals surface area contributed by atoms with Crippen LogP contribution in [-0.4, -0.2) is 88.6 Å². The van der Waals surface area contributed by atoms with Gasteiger partial charge in [0, 0.05) is 74.0 Å². The number of nitrogens with one attached hydrogen (secondary N) is 1. The minimum atomic E-state index is -0.340. The maximum atomic E-state index is 13.3. The first-order valence-corrected chi connectivity index (χ1v) is 16.5. The molecule has 3 aromatic rings. The van der Waals surface area contributed by atoms with Crippen LogP contribution in [0.5, 0.6) is 17.2 Å². The second kappa shape index (κ2) is 12.4. The van der Waals surface area contributed by atoms with Crippen molar-refractivity contribution in [3.8, 4) is 17.2 Å². The number of aromatic nitrogens is 3. The number of amides is 1. The van der Waals surface area contributed by atoms with Gasteiger partial charge in [-0.05, 0) is 62.7 Å². The maximum Gasteiger partial charge on any atom is 0.225 e. The van der Waals surface area contributed by atoms with Crippen LogP contribution >= 0.6 is 0 Å². The van der Waals surface area contributed by atoms with Crippen LogP contribution < -0.4 is 19.7 Å². The number of carbonyl (C=O) groups excluding carboxylic acids is 1. The molecule has 2 saturated heterocycles. The number of anilines is 1. The number of nitrogens with zero attached hydrogens (tertiary/aromatic N) is 6. The lowest BCUT2D eigenvalue weighted by molar-refractivity contribution is -0.130. The molecule has 1 aromatic carbocycles. The zero-order chi connectivity index (χ0) is 31.9. The average Bonchev–Trinajstić information content (AvgIpc) is 2.97. The summed E-state index contributed by atoms with van der Waals surface area (Å²) in [6, 6.07) is 8.28. The van der Waals surface area contributed by atoms with Crippen molar-refractivity contribution in [2.45, 2.75) is 65.1 Å². The zero-order valence-electron chi connectivity index (χ0n) is 27.0. The van der Waals surface area contributed by atoms with E-state index in [1.165, 1.54) is 24.0 Å². The van der Waals surface area contributed by atoms with E-state index in [1.807, 2.05) is 33.0 Å². The Morgan fingerprint density at radius 1 is 1.04 bits per heavy atom. The van der Waals surface area contributed by atoms with Crippen molar-refractivity contribution in [2.24, 2.45) is 10.8 Å². The van der Waals surface area contributed by atoms with E-state index in [0.29, 0.717) is 11.5 Å². The van der Waals surface area contributed by atoms with E-state index in [-0.39, 0.29) is 34.7 Å². The Labute approximate surface area is 270 Å². The minimum Gasteiger partial charge on any atom is -0.490 e. The summed E-state index contributed by atoms with van der Waals surface area (Å²) in [5.74, 6) is 2.70. The first-order chi connectivity index (χ1) is 22.1. The Balaban J connectivity index is 0.864. The zero-order valence-corrected chi connectivity index (χ0v) is 27.0.